The Balaban J connectivity index is 0.00000324. The fourth-order valence-electron chi connectivity index (χ4n) is 1.14. The van der Waals surface area contributed by atoms with Gasteiger partial charge in [0.1, 0.15) is 10.6 Å². The predicted molar refractivity (Wildman–Crippen MR) is 68.2 cm³/mol. The molecule has 0 spiro atoms. The summed E-state index contributed by atoms with van der Waals surface area (Å²) < 4.78 is 4.90. The van der Waals surface area contributed by atoms with Crippen LogP contribution in [0.1, 0.15) is 17.3 Å². The third-order valence-electron chi connectivity index (χ3n) is 1.90. The van der Waals surface area contributed by atoms with Crippen LogP contribution in [0.3, 0.4) is 0 Å². The van der Waals surface area contributed by atoms with Crippen LogP contribution in [0, 0.1) is 5.41 Å². The number of nitrogens with one attached hydrogen (secondary N) is 2. The third kappa shape index (κ3) is 5.01. The second-order valence-electron chi connectivity index (χ2n) is 3.60. The number of ether oxygens (including phenoxy) is 1. The number of halogens is 1. The highest BCUT2D eigenvalue weighted by atomic mass is 35.5. The van der Waals surface area contributed by atoms with Crippen molar-refractivity contribution in [3.63, 3.8) is 0 Å². The van der Waals surface area contributed by atoms with Crippen molar-refractivity contribution in [3.8, 4) is 0 Å². The average Bonchev–Trinajstić information content (AvgIpc) is 2.28. The Morgan fingerprint density at radius 2 is 2.21 bits per heavy atom. The molecule has 0 saturated carbocycles. The Kier molecular flexibility index (Phi) is 7.35. The first-order valence-corrected chi connectivity index (χ1v) is 6.14. The molecule has 0 aliphatic rings. The minimum atomic E-state index is -0.512. The van der Waals surface area contributed by atoms with Gasteiger partial charge < -0.3 is 22.9 Å². The molecule has 9 heteroatoms. The van der Waals surface area contributed by atoms with E-state index in [1.165, 1.54) is 6.20 Å². The van der Waals surface area contributed by atoms with E-state index in [9.17, 15) is 4.79 Å². The zero-order valence-electron chi connectivity index (χ0n) is 10.9. The number of rotatable bonds is 4. The summed E-state index contributed by atoms with van der Waals surface area (Å²) >= 11 is 0.907. The molecular formula is C10H16ClN5O2S. The maximum absolute atomic E-state index is 11.7. The Bertz CT molecular complexity index is 469. The lowest BCUT2D eigenvalue weighted by Gasteiger charge is -2.09. The van der Waals surface area contributed by atoms with Crippen LogP contribution in [0.2, 0.25) is 0 Å². The van der Waals surface area contributed by atoms with Crippen molar-refractivity contribution in [3.05, 3.63) is 11.8 Å². The van der Waals surface area contributed by atoms with E-state index >= 15 is 0 Å². The molecule has 0 aromatic carbocycles. The number of hydrogen-bond donors (Lipinski definition) is 3. The van der Waals surface area contributed by atoms with Crippen molar-refractivity contribution in [2.24, 2.45) is 5.73 Å². The van der Waals surface area contributed by atoms with Gasteiger partial charge in [-0.1, -0.05) is 0 Å². The number of carbonyl (C=O) groups is 1. The van der Waals surface area contributed by atoms with E-state index in [0.717, 1.165) is 16.7 Å². The van der Waals surface area contributed by atoms with Crippen LogP contribution in [0.4, 0.5) is 5.95 Å². The maximum Gasteiger partial charge on any atom is 0.342 e. The number of nitrogens with two attached hydrogens (primary N) is 1. The number of amidine groups is 1. The molecule has 0 fully saturated rings. The van der Waals surface area contributed by atoms with Crippen LogP contribution in [0.5, 0.6) is 0 Å². The molecule has 106 valence electrons. The Labute approximate surface area is 121 Å². The van der Waals surface area contributed by atoms with Gasteiger partial charge in [0.2, 0.25) is 0 Å². The van der Waals surface area contributed by atoms with Gasteiger partial charge in [-0.2, -0.15) is 9.97 Å². The lowest BCUT2D eigenvalue weighted by molar-refractivity contribution is -0.792. The first kappa shape index (κ1) is 17.6. The van der Waals surface area contributed by atoms with Gasteiger partial charge in [0.15, 0.2) is 5.17 Å². The standard InChI is InChI=1S/C10H15N5O2S.ClH/c1-4-17-8(16)6-5-13-10(15(2)3)14-7(6)18-9(11)12;/h5H,4H2,1-3H3,(H3,11,12);1H. The van der Waals surface area contributed by atoms with E-state index in [1.807, 2.05) is 14.1 Å². The minimum absolute atomic E-state index is 0. The van der Waals surface area contributed by atoms with E-state index in [0.29, 0.717) is 11.0 Å². The Morgan fingerprint density at radius 1 is 1.58 bits per heavy atom. The first-order chi connectivity index (χ1) is 8.45. The van der Waals surface area contributed by atoms with Crippen molar-refractivity contribution < 1.29 is 26.8 Å². The molecule has 0 amide bonds. The SMILES string of the molecule is CCOC(=O)c1cnc([NH+](C)C)nc1SC(=N)N.[Cl-]. The van der Waals surface area contributed by atoms with Crippen LogP contribution in [0.25, 0.3) is 0 Å². The van der Waals surface area contributed by atoms with E-state index in [-0.39, 0.29) is 29.7 Å². The molecule has 0 radical (unpaired) electrons. The molecule has 1 rings (SSSR count). The number of nitrogens with zero attached hydrogens (tertiary/aromatic N) is 2. The van der Waals surface area contributed by atoms with Crippen molar-refractivity contribution >= 4 is 28.8 Å². The molecule has 0 unspecified atom stereocenters. The van der Waals surface area contributed by atoms with Crippen molar-refractivity contribution in [1.29, 1.82) is 5.41 Å². The third-order valence-corrected chi connectivity index (χ3v) is 2.63. The fraction of sp³-hybridized carbons (Fsp3) is 0.400. The molecule has 4 N–H and O–H groups in total. The van der Waals surface area contributed by atoms with Crippen LogP contribution in [0.15, 0.2) is 11.2 Å². The summed E-state index contributed by atoms with van der Waals surface area (Å²) in [6.45, 7) is 1.98. The zero-order chi connectivity index (χ0) is 13.7. The van der Waals surface area contributed by atoms with Gasteiger partial charge in [0, 0.05) is 0 Å². The van der Waals surface area contributed by atoms with Crippen molar-refractivity contribution in [2.45, 2.75) is 11.9 Å². The van der Waals surface area contributed by atoms with Gasteiger partial charge >= 0.3 is 11.9 Å². The van der Waals surface area contributed by atoms with Gasteiger partial charge in [-0.05, 0) is 18.7 Å². The van der Waals surface area contributed by atoms with Gasteiger partial charge in [-0.3, -0.25) is 10.3 Å². The lowest BCUT2D eigenvalue weighted by atomic mass is 10.3. The number of quaternary nitrogens is 1. The normalized spacial score (nSPS) is 9.89. The monoisotopic (exact) mass is 305 g/mol. The molecule has 7 nitrogen and oxygen atoms in total. The lowest BCUT2D eigenvalue weighted by Crippen LogP contribution is -3.01. The average molecular weight is 306 g/mol. The Morgan fingerprint density at radius 3 is 2.68 bits per heavy atom. The molecule has 19 heavy (non-hydrogen) atoms. The van der Waals surface area contributed by atoms with E-state index in [1.54, 1.807) is 6.92 Å². The van der Waals surface area contributed by atoms with Gasteiger partial charge in [-0.25, -0.2) is 4.79 Å². The largest absolute Gasteiger partial charge is 1.00 e. The highest BCUT2D eigenvalue weighted by molar-refractivity contribution is 8.13. The summed E-state index contributed by atoms with van der Waals surface area (Å²) in [4.78, 5) is 20.9. The minimum Gasteiger partial charge on any atom is -1.00 e. The molecule has 0 saturated heterocycles. The van der Waals surface area contributed by atoms with Crippen LogP contribution >= 0.6 is 11.8 Å². The molecule has 1 aromatic heterocycles. The molecule has 0 atom stereocenters. The van der Waals surface area contributed by atoms with E-state index in [4.69, 9.17) is 15.9 Å². The number of aromatic nitrogens is 2. The quantitative estimate of drug-likeness (QED) is 0.175. The number of carbonyl (C=O) groups excluding carboxylic acids is 1. The number of thioether (sulfide) groups is 1. The van der Waals surface area contributed by atoms with Crippen LogP contribution in [-0.2, 0) is 4.74 Å². The summed E-state index contributed by atoms with van der Waals surface area (Å²) in [5, 5.41) is 7.47. The van der Waals surface area contributed by atoms with E-state index in [2.05, 4.69) is 9.97 Å². The number of hydrogen-bond acceptors (Lipinski definition) is 6. The molecular weight excluding hydrogens is 290 g/mol. The smallest absolute Gasteiger partial charge is 0.342 e. The zero-order valence-corrected chi connectivity index (χ0v) is 12.4. The van der Waals surface area contributed by atoms with Gasteiger partial charge in [0.05, 0.1) is 26.9 Å². The van der Waals surface area contributed by atoms with Gasteiger partial charge in [0.25, 0.3) is 0 Å². The Hall–Kier alpha value is -1.38. The molecule has 1 aromatic rings. The highest BCUT2D eigenvalue weighted by Crippen LogP contribution is 2.20. The van der Waals surface area contributed by atoms with Crippen molar-refractivity contribution in [1.82, 2.24) is 9.97 Å². The summed E-state index contributed by atoms with van der Waals surface area (Å²) in [7, 11) is 3.73. The molecule has 0 aliphatic carbocycles. The van der Waals surface area contributed by atoms with Crippen LogP contribution in [-0.4, -0.2) is 41.8 Å². The second kappa shape index (κ2) is 7.93. The maximum atomic E-state index is 11.7. The van der Waals surface area contributed by atoms with Crippen molar-refractivity contribution in [2.75, 3.05) is 20.7 Å². The first-order valence-electron chi connectivity index (χ1n) is 5.32. The van der Waals surface area contributed by atoms with E-state index < -0.39 is 5.97 Å². The highest BCUT2D eigenvalue weighted by Gasteiger charge is 2.19. The summed E-state index contributed by atoms with van der Waals surface area (Å²) in [6, 6.07) is 0. The topological polar surface area (TPSA) is 106 Å². The summed E-state index contributed by atoms with van der Waals surface area (Å²) in [6.07, 6.45) is 1.40. The summed E-state index contributed by atoms with van der Waals surface area (Å²) in [5.74, 6) is 0.00774. The van der Waals surface area contributed by atoms with Gasteiger partial charge in [-0.15, -0.1) is 0 Å². The summed E-state index contributed by atoms with van der Waals surface area (Å²) in [5.41, 5.74) is 5.54. The molecule has 0 aliphatic heterocycles. The molecule has 0 bridgehead atoms. The number of esters is 1. The molecule has 1 heterocycles. The predicted octanol–water partition coefficient (Wildman–Crippen LogP) is -3.58. The second-order valence-corrected chi connectivity index (χ2v) is 4.63. The fourth-order valence-corrected chi connectivity index (χ4v) is 1.72. The van der Waals surface area contributed by atoms with Crippen LogP contribution < -0.4 is 23.0 Å².